The zero-order valence-electron chi connectivity index (χ0n) is 20.3. The van der Waals surface area contributed by atoms with E-state index >= 15 is 0 Å². The van der Waals surface area contributed by atoms with E-state index in [2.05, 4.69) is 83.7 Å². The first-order valence-corrected chi connectivity index (χ1v) is 14.8. The number of phenols is 1. The Morgan fingerprint density at radius 1 is 1.08 bits per heavy atom. The maximum atomic E-state index is 13.2. The number of ether oxygens (including phenoxy) is 2. The smallest absolute Gasteiger partial charge is 0.408 e. The molecule has 2 amide bonds. The van der Waals surface area contributed by atoms with Crippen LogP contribution >= 0.6 is 67.8 Å². The largest absolute Gasteiger partial charge is 0.507 e. The summed E-state index contributed by atoms with van der Waals surface area (Å²) in [6.45, 7) is 7.07. The van der Waals surface area contributed by atoms with Gasteiger partial charge in [0.15, 0.2) is 5.75 Å². The Kier molecular flexibility index (Phi) is 10.8. The van der Waals surface area contributed by atoms with Gasteiger partial charge in [0.2, 0.25) is 5.91 Å². The monoisotopic (exact) mass is 833 g/mol. The molecule has 0 bridgehead atoms. The zero-order valence-corrected chi connectivity index (χ0v) is 26.8. The maximum Gasteiger partial charge on any atom is 0.408 e. The number of benzene rings is 2. The molecule has 3 rings (SSSR count). The number of alkyl carbamates (subject to hydrolysis) is 1. The van der Waals surface area contributed by atoms with Gasteiger partial charge in [-0.3, -0.25) is 4.79 Å². The standard InChI is InChI=1S/C25H30I3N3O5/c1-25(2,3)36-24(34)31-20(23(33)30-15-6-8-29-9-7-15)12-14-10-18(27)22(19(28)11-14)35-16-4-5-21(32)17(26)13-16/h4-5,10-11,13,15,20,29,32H,6-9,12H2,1-3H3,(H,30,33)(H,31,34)/t20-/m0/s1. The van der Waals surface area contributed by atoms with Crippen LogP contribution < -0.4 is 20.7 Å². The number of rotatable bonds is 7. The number of aromatic hydroxyl groups is 1. The van der Waals surface area contributed by atoms with Crippen LogP contribution in [0.4, 0.5) is 4.79 Å². The Morgan fingerprint density at radius 3 is 2.31 bits per heavy atom. The average Bonchev–Trinajstić information content (AvgIpc) is 2.77. The van der Waals surface area contributed by atoms with Crippen molar-refractivity contribution in [2.45, 2.75) is 57.7 Å². The van der Waals surface area contributed by atoms with Crippen molar-refractivity contribution in [1.29, 1.82) is 0 Å². The summed E-state index contributed by atoms with van der Waals surface area (Å²) in [5, 5.41) is 18.9. The summed E-state index contributed by atoms with van der Waals surface area (Å²) >= 11 is 6.46. The van der Waals surface area contributed by atoms with Crippen molar-refractivity contribution >= 4 is 79.8 Å². The molecule has 2 aromatic rings. The second-order valence-corrected chi connectivity index (χ2v) is 13.0. The van der Waals surface area contributed by atoms with E-state index in [-0.39, 0.29) is 17.7 Å². The average molecular weight is 833 g/mol. The summed E-state index contributed by atoms with van der Waals surface area (Å²) < 4.78 is 13.9. The van der Waals surface area contributed by atoms with E-state index in [1.54, 1.807) is 39.0 Å². The van der Waals surface area contributed by atoms with Crippen molar-refractivity contribution in [1.82, 2.24) is 16.0 Å². The number of phenolic OH excluding ortho intramolecular Hbond substituents is 1. The molecule has 0 aliphatic carbocycles. The maximum absolute atomic E-state index is 13.2. The number of hydrogen-bond donors (Lipinski definition) is 4. The molecule has 0 saturated carbocycles. The van der Waals surface area contributed by atoms with Crippen LogP contribution in [-0.4, -0.2) is 47.9 Å². The van der Waals surface area contributed by atoms with Gasteiger partial charge in [-0.05, 0) is 150 Å². The van der Waals surface area contributed by atoms with E-state index in [4.69, 9.17) is 9.47 Å². The zero-order chi connectivity index (χ0) is 26.5. The molecule has 1 atom stereocenters. The molecule has 196 valence electrons. The van der Waals surface area contributed by atoms with Gasteiger partial charge in [0.25, 0.3) is 0 Å². The summed E-state index contributed by atoms with van der Waals surface area (Å²) in [6, 6.07) is 8.26. The lowest BCUT2D eigenvalue weighted by atomic mass is 10.0. The highest BCUT2D eigenvalue weighted by Gasteiger charge is 2.27. The molecule has 0 radical (unpaired) electrons. The molecule has 1 heterocycles. The molecule has 0 unspecified atom stereocenters. The number of carbonyl (C=O) groups excluding carboxylic acids is 2. The van der Waals surface area contributed by atoms with Gasteiger partial charge in [-0.2, -0.15) is 0 Å². The normalized spacial score (nSPS) is 15.2. The molecule has 1 saturated heterocycles. The Balaban J connectivity index is 1.78. The van der Waals surface area contributed by atoms with Crippen molar-refractivity contribution in [2.75, 3.05) is 13.1 Å². The van der Waals surface area contributed by atoms with Crippen molar-refractivity contribution in [3.8, 4) is 17.2 Å². The molecule has 2 aromatic carbocycles. The van der Waals surface area contributed by atoms with Gasteiger partial charge in [-0.1, -0.05) is 0 Å². The van der Waals surface area contributed by atoms with Crippen molar-refractivity contribution in [3.63, 3.8) is 0 Å². The predicted molar refractivity (Wildman–Crippen MR) is 164 cm³/mol. The Labute approximate surface area is 252 Å². The first-order valence-electron chi connectivity index (χ1n) is 11.6. The highest BCUT2D eigenvalue weighted by Crippen LogP contribution is 2.35. The van der Waals surface area contributed by atoms with Crippen LogP contribution in [0, 0.1) is 10.7 Å². The van der Waals surface area contributed by atoms with Crippen LogP contribution in [-0.2, 0) is 16.0 Å². The lowest BCUT2D eigenvalue weighted by molar-refractivity contribution is -0.124. The Morgan fingerprint density at radius 2 is 1.72 bits per heavy atom. The fourth-order valence-electron chi connectivity index (χ4n) is 3.66. The van der Waals surface area contributed by atoms with E-state index < -0.39 is 17.7 Å². The van der Waals surface area contributed by atoms with Crippen LogP contribution in [0.3, 0.4) is 0 Å². The van der Waals surface area contributed by atoms with E-state index in [9.17, 15) is 14.7 Å². The number of halogens is 3. The molecule has 4 N–H and O–H groups in total. The second-order valence-electron chi connectivity index (χ2n) is 9.54. The molecule has 11 heteroatoms. The summed E-state index contributed by atoms with van der Waals surface area (Å²) in [4.78, 5) is 25.7. The topological polar surface area (TPSA) is 109 Å². The Bertz CT molecular complexity index is 1080. The third-order valence-corrected chi connectivity index (χ3v) is 7.80. The van der Waals surface area contributed by atoms with E-state index in [0.29, 0.717) is 21.5 Å². The lowest BCUT2D eigenvalue weighted by Gasteiger charge is -2.27. The van der Waals surface area contributed by atoms with Gasteiger partial charge < -0.3 is 30.5 Å². The van der Waals surface area contributed by atoms with E-state index in [1.807, 2.05) is 12.1 Å². The number of amides is 2. The summed E-state index contributed by atoms with van der Waals surface area (Å²) in [7, 11) is 0. The highest BCUT2D eigenvalue weighted by molar-refractivity contribution is 14.1. The third kappa shape index (κ3) is 9.04. The quantitative estimate of drug-likeness (QED) is 0.283. The summed E-state index contributed by atoms with van der Waals surface area (Å²) in [5.41, 5.74) is 0.216. The first-order chi connectivity index (χ1) is 16.9. The van der Waals surface area contributed by atoms with Gasteiger partial charge in [-0.25, -0.2) is 4.79 Å². The number of carbonyl (C=O) groups is 2. The highest BCUT2D eigenvalue weighted by atomic mass is 127. The van der Waals surface area contributed by atoms with Gasteiger partial charge >= 0.3 is 6.09 Å². The van der Waals surface area contributed by atoms with Crippen LogP contribution in [0.15, 0.2) is 30.3 Å². The minimum Gasteiger partial charge on any atom is -0.507 e. The second kappa shape index (κ2) is 13.1. The predicted octanol–water partition coefficient (Wildman–Crippen LogP) is 5.30. The molecule has 1 aliphatic rings. The summed E-state index contributed by atoms with van der Waals surface area (Å²) in [6.07, 6.45) is 1.38. The van der Waals surface area contributed by atoms with Crippen molar-refractivity contribution < 1.29 is 24.2 Å². The third-order valence-electron chi connectivity index (χ3n) is 5.33. The van der Waals surface area contributed by atoms with Gasteiger partial charge in [-0.15, -0.1) is 0 Å². The summed E-state index contributed by atoms with van der Waals surface area (Å²) in [5.74, 6) is 1.29. The lowest BCUT2D eigenvalue weighted by Crippen LogP contribution is -2.53. The SMILES string of the molecule is CC(C)(C)OC(=O)N[C@@H](Cc1cc(I)c(Oc2ccc(O)c(I)c2)c(I)c1)C(=O)NC1CCNCC1. The molecule has 0 aromatic heterocycles. The van der Waals surface area contributed by atoms with Gasteiger partial charge in [0.05, 0.1) is 10.7 Å². The molecular formula is C25H30I3N3O5. The molecule has 1 fully saturated rings. The first kappa shape index (κ1) is 29.5. The van der Waals surface area contributed by atoms with Gasteiger partial charge in [0, 0.05) is 12.5 Å². The molecular weight excluding hydrogens is 803 g/mol. The fraction of sp³-hybridized carbons (Fsp3) is 0.440. The van der Waals surface area contributed by atoms with Crippen LogP contribution in [0.1, 0.15) is 39.2 Å². The van der Waals surface area contributed by atoms with Crippen molar-refractivity contribution in [2.24, 2.45) is 0 Å². The van der Waals surface area contributed by atoms with E-state index in [0.717, 1.165) is 38.6 Å². The minimum atomic E-state index is -0.785. The van der Waals surface area contributed by atoms with Crippen LogP contribution in [0.2, 0.25) is 0 Å². The number of piperidine rings is 1. The van der Waals surface area contributed by atoms with E-state index in [1.165, 1.54) is 0 Å². The fourth-order valence-corrected chi connectivity index (χ4v) is 6.26. The Hall–Kier alpha value is -1.07. The minimum absolute atomic E-state index is 0.0749. The molecule has 0 spiro atoms. The number of hydrogen-bond acceptors (Lipinski definition) is 6. The van der Waals surface area contributed by atoms with Crippen molar-refractivity contribution in [3.05, 3.63) is 46.6 Å². The molecule has 8 nitrogen and oxygen atoms in total. The van der Waals surface area contributed by atoms with Crippen LogP contribution in [0.5, 0.6) is 17.2 Å². The number of nitrogens with one attached hydrogen (secondary N) is 3. The van der Waals surface area contributed by atoms with Gasteiger partial charge in [0.1, 0.15) is 23.1 Å². The van der Waals surface area contributed by atoms with Crippen LogP contribution in [0.25, 0.3) is 0 Å². The molecule has 36 heavy (non-hydrogen) atoms. The molecule has 1 aliphatic heterocycles.